The second kappa shape index (κ2) is 7.97. The van der Waals surface area contributed by atoms with Gasteiger partial charge in [0.2, 0.25) is 11.8 Å². The Bertz CT molecular complexity index is 637. The molecule has 1 aromatic carbocycles. The zero-order valence-electron chi connectivity index (χ0n) is 13.1. The van der Waals surface area contributed by atoms with E-state index in [-0.39, 0.29) is 13.1 Å². The Morgan fingerprint density at radius 2 is 1.92 bits per heavy atom. The van der Waals surface area contributed by atoms with Crippen molar-refractivity contribution >= 4 is 17.8 Å². The van der Waals surface area contributed by atoms with Crippen LogP contribution in [0.25, 0.3) is 0 Å². The largest absolute Gasteiger partial charge is 0.405 e. The summed E-state index contributed by atoms with van der Waals surface area (Å²) in [6.07, 6.45) is -4.55. The van der Waals surface area contributed by atoms with Gasteiger partial charge in [-0.3, -0.25) is 14.9 Å². The van der Waals surface area contributed by atoms with Gasteiger partial charge in [0, 0.05) is 13.1 Å². The van der Waals surface area contributed by atoms with Crippen LogP contribution < -0.4 is 16.0 Å². The van der Waals surface area contributed by atoms with Crippen molar-refractivity contribution in [3.05, 3.63) is 35.9 Å². The van der Waals surface area contributed by atoms with Gasteiger partial charge in [-0.2, -0.15) is 13.2 Å². The maximum Gasteiger partial charge on any atom is 0.405 e. The topological polar surface area (TPSA) is 90.5 Å². The number of rotatable bonds is 7. The fourth-order valence-corrected chi connectivity index (χ4v) is 2.20. The lowest BCUT2D eigenvalue weighted by Crippen LogP contribution is -2.51. The van der Waals surface area contributed by atoms with Crippen LogP contribution in [0.3, 0.4) is 0 Å². The second-order valence-corrected chi connectivity index (χ2v) is 5.47. The molecule has 0 saturated carbocycles. The van der Waals surface area contributed by atoms with Crippen LogP contribution in [0.1, 0.15) is 5.56 Å². The van der Waals surface area contributed by atoms with E-state index in [1.807, 2.05) is 5.32 Å². The van der Waals surface area contributed by atoms with Crippen molar-refractivity contribution in [1.82, 2.24) is 20.9 Å². The van der Waals surface area contributed by atoms with Gasteiger partial charge in [-0.25, -0.2) is 4.79 Å². The van der Waals surface area contributed by atoms with E-state index < -0.39 is 43.2 Å². The quantitative estimate of drug-likeness (QED) is 0.615. The van der Waals surface area contributed by atoms with Crippen molar-refractivity contribution in [2.24, 2.45) is 0 Å². The Morgan fingerprint density at radius 1 is 1.24 bits per heavy atom. The minimum atomic E-state index is -4.55. The maximum absolute atomic E-state index is 13.1. The lowest BCUT2D eigenvalue weighted by molar-refractivity contribution is -0.156. The molecule has 10 heteroatoms. The van der Waals surface area contributed by atoms with Gasteiger partial charge in [0.15, 0.2) is 0 Å². The third kappa shape index (κ3) is 5.75. The Hall–Kier alpha value is -2.62. The molecule has 0 bridgehead atoms. The molecule has 1 fully saturated rings. The number of hydrogen-bond donors (Lipinski definition) is 3. The first-order valence-electron chi connectivity index (χ1n) is 7.45. The van der Waals surface area contributed by atoms with Crippen LogP contribution >= 0.6 is 0 Å². The lowest BCUT2D eigenvalue weighted by atomic mass is 10.2. The molecule has 3 N–H and O–H groups in total. The van der Waals surface area contributed by atoms with Crippen LogP contribution in [0, 0.1) is 0 Å². The first-order chi connectivity index (χ1) is 11.8. The second-order valence-electron chi connectivity index (χ2n) is 5.47. The van der Waals surface area contributed by atoms with Gasteiger partial charge in [-0.05, 0) is 5.56 Å². The normalized spacial score (nSPS) is 15.9. The third-order valence-corrected chi connectivity index (χ3v) is 3.50. The monoisotopic (exact) mass is 358 g/mol. The van der Waals surface area contributed by atoms with Crippen molar-refractivity contribution in [1.29, 1.82) is 0 Å². The maximum atomic E-state index is 13.1. The van der Waals surface area contributed by atoms with Crippen molar-refractivity contribution in [3.8, 4) is 0 Å². The highest BCUT2D eigenvalue weighted by Crippen LogP contribution is 2.20. The van der Waals surface area contributed by atoms with Crippen LogP contribution in [-0.4, -0.2) is 54.6 Å². The molecule has 25 heavy (non-hydrogen) atoms. The molecule has 1 aliphatic rings. The van der Waals surface area contributed by atoms with E-state index in [2.05, 4.69) is 10.6 Å². The Morgan fingerprint density at radius 3 is 2.48 bits per heavy atom. The molecular weight excluding hydrogens is 341 g/mol. The van der Waals surface area contributed by atoms with Gasteiger partial charge in [-0.1, -0.05) is 30.3 Å². The summed E-state index contributed by atoms with van der Waals surface area (Å²) >= 11 is 0. The number of alkyl halides is 3. The number of hydrogen-bond acceptors (Lipinski definition) is 4. The standard InChI is InChI=1S/C15H17F3N4O3/c16-15(17,18)11(19-6-10-4-2-1-3-5-10)7-20-12(23)8-22-9-13(24)21-14(22)25/h1-5,11,19H,6-9H2,(H,20,23)(H,21,24,25). The van der Waals surface area contributed by atoms with Gasteiger partial charge < -0.3 is 15.5 Å². The van der Waals surface area contributed by atoms with E-state index in [1.165, 1.54) is 0 Å². The molecule has 1 aliphatic heterocycles. The Labute approximate surface area is 141 Å². The molecule has 136 valence electrons. The van der Waals surface area contributed by atoms with Gasteiger partial charge in [0.05, 0.1) is 0 Å². The number of carbonyl (C=O) groups is 3. The van der Waals surface area contributed by atoms with E-state index in [0.29, 0.717) is 5.56 Å². The van der Waals surface area contributed by atoms with Crippen LogP contribution in [0.5, 0.6) is 0 Å². The molecule has 1 unspecified atom stereocenters. The number of benzene rings is 1. The number of halogens is 3. The molecule has 4 amide bonds. The smallest absolute Gasteiger partial charge is 0.353 e. The molecule has 2 rings (SSSR count). The van der Waals surface area contributed by atoms with Gasteiger partial charge in [0.1, 0.15) is 19.1 Å². The molecule has 1 atom stereocenters. The van der Waals surface area contributed by atoms with Gasteiger partial charge >= 0.3 is 12.2 Å². The predicted octanol–water partition coefficient (Wildman–Crippen LogP) is 0.375. The van der Waals surface area contributed by atoms with E-state index >= 15 is 0 Å². The highest BCUT2D eigenvalue weighted by atomic mass is 19.4. The minimum absolute atomic E-state index is 0.0100. The summed E-state index contributed by atoms with van der Waals surface area (Å²) in [5, 5.41) is 6.46. The first kappa shape index (κ1) is 18.7. The van der Waals surface area contributed by atoms with Gasteiger partial charge in [-0.15, -0.1) is 0 Å². The minimum Gasteiger partial charge on any atom is -0.353 e. The number of urea groups is 1. The number of carbonyl (C=O) groups excluding carboxylic acids is 3. The number of nitrogens with one attached hydrogen (secondary N) is 3. The summed E-state index contributed by atoms with van der Waals surface area (Å²) in [4.78, 5) is 34.9. The summed E-state index contributed by atoms with van der Waals surface area (Å²) in [6.45, 7) is -1.47. The lowest BCUT2D eigenvalue weighted by Gasteiger charge is -2.22. The fourth-order valence-electron chi connectivity index (χ4n) is 2.20. The summed E-state index contributed by atoms with van der Waals surface area (Å²) in [5.41, 5.74) is 0.676. The highest BCUT2D eigenvalue weighted by molar-refractivity contribution is 6.03. The van der Waals surface area contributed by atoms with E-state index in [9.17, 15) is 27.6 Å². The third-order valence-electron chi connectivity index (χ3n) is 3.50. The average Bonchev–Trinajstić information content (AvgIpc) is 2.84. The highest BCUT2D eigenvalue weighted by Gasteiger charge is 2.39. The molecule has 0 radical (unpaired) electrons. The van der Waals surface area contributed by atoms with Crippen molar-refractivity contribution in [2.75, 3.05) is 19.6 Å². The Kier molecular flexibility index (Phi) is 5.97. The zero-order chi connectivity index (χ0) is 18.4. The summed E-state index contributed by atoms with van der Waals surface area (Å²) < 4.78 is 39.2. The van der Waals surface area contributed by atoms with E-state index in [4.69, 9.17) is 0 Å². The molecule has 7 nitrogen and oxygen atoms in total. The molecule has 1 heterocycles. The van der Waals surface area contributed by atoms with Crippen LogP contribution in [0.4, 0.5) is 18.0 Å². The summed E-state index contributed by atoms with van der Waals surface area (Å²) in [6, 6.07) is 5.86. The number of imide groups is 1. The van der Waals surface area contributed by atoms with Crippen molar-refractivity contribution < 1.29 is 27.6 Å². The molecule has 1 saturated heterocycles. The van der Waals surface area contributed by atoms with Crippen molar-refractivity contribution in [2.45, 2.75) is 18.8 Å². The number of nitrogens with zero attached hydrogens (tertiary/aromatic N) is 1. The molecule has 1 aromatic rings. The van der Waals surface area contributed by atoms with Crippen LogP contribution in [0.15, 0.2) is 30.3 Å². The summed E-state index contributed by atoms with van der Waals surface area (Å²) in [5.74, 6) is -1.34. The first-order valence-corrected chi connectivity index (χ1v) is 7.45. The van der Waals surface area contributed by atoms with Crippen LogP contribution in [-0.2, 0) is 16.1 Å². The zero-order valence-corrected chi connectivity index (χ0v) is 13.1. The Balaban J connectivity index is 1.84. The molecular formula is C15H17F3N4O3. The number of amides is 4. The molecule has 0 aromatic heterocycles. The SMILES string of the molecule is O=C(CN1CC(=O)NC1=O)NCC(NCc1ccccc1)C(F)(F)F. The molecule has 0 aliphatic carbocycles. The van der Waals surface area contributed by atoms with Crippen molar-refractivity contribution in [3.63, 3.8) is 0 Å². The van der Waals surface area contributed by atoms with E-state index in [1.54, 1.807) is 30.3 Å². The molecule has 0 spiro atoms. The predicted molar refractivity (Wildman–Crippen MR) is 81.2 cm³/mol. The van der Waals surface area contributed by atoms with E-state index in [0.717, 1.165) is 4.90 Å². The fraction of sp³-hybridized carbons (Fsp3) is 0.400. The van der Waals surface area contributed by atoms with Gasteiger partial charge in [0.25, 0.3) is 0 Å². The summed E-state index contributed by atoms with van der Waals surface area (Å²) in [7, 11) is 0. The van der Waals surface area contributed by atoms with Crippen LogP contribution in [0.2, 0.25) is 0 Å². The average molecular weight is 358 g/mol.